The van der Waals surface area contributed by atoms with Crippen molar-refractivity contribution in [3.05, 3.63) is 109 Å². The summed E-state index contributed by atoms with van der Waals surface area (Å²) in [5.74, 6) is -1.16. The van der Waals surface area contributed by atoms with Gasteiger partial charge in [-0.2, -0.15) is 18.3 Å². The van der Waals surface area contributed by atoms with E-state index >= 15 is 0 Å². The van der Waals surface area contributed by atoms with Crippen molar-refractivity contribution in [3.63, 3.8) is 0 Å². The third kappa shape index (κ3) is 5.66. The van der Waals surface area contributed by atoms with Gasteiger partial charge in [-0.15, -0.1) is 0 Å². The number of alkyl halides is 3. The van der Waals surface area contributed by atoms with E-state index in [9.17, 15) is 23.1 Å². The van der Waals surface area contributed by atoms with Crippen LogP contribution in [0.1, 0.15) is 10.4 Å². The number of halogens is 3. The van der Waals surface area contributed by atoms with Gasteiger partial charge in [0.05, 0.1) is 33.7 Å². The molecule has 6 rings (SSSR count). The number of carboxylic acid groups (broad SMARTS) is 1. The largest absolute Gasteiger partial charge is 0.478 e. The molecule has 3 aromatic carbocycles. The van der Waals surface area contributed by atoms with Gasteiger partial charge in [0.25, 0.3) is 0 Å². The molecule has 0 aliphatic rings. The second kappa shape index (κ2) is 10.8. The number of carbonyl (C=O) groups is 1. The number of aromatic carboxylic acids is 1. The highest BCUT2D eigenvalue weighted by Crippen LogP contribution is 2.32. The van der Waals surface area contributed by atoms with Crippen LogP contribution in [-0.2, 0) is 0 Å². The predicted octanol–water partition coefficient (Wildman–Crippen LogP) is 6.85. The van der Waals surface area contributed by atoms with Crippen LogP contribution in [0.5, 0.6) is 5.88 Å². The first-order chi connectivity index (χ1) is 20.2. The molecule has 8 nitrogen and oxygen atoms in total. The summed E-state index contributed by atoms with van der Waals surface area (Å²) in [6.45, 7) is -1.41. The van der Waals surface area contributed by atoms with E-state index < -0.39 is 18.8 Å². The summed E-state index contributed by atoms with van der Waals surface area (Å²) >= 11 is 0. The van der Waals surface area contributed by atoms with Gasteiger partial charge in [-0.1, -0.05) is 36.4 Å². The molecule has 0 saturated heterocycles. The van der Waals surface area contributed by atoms with Gasteiger partial charge in [-0.05, 0) is 48.0 Å². The lowest BCUT2D eigenvalue weighted by atomic mass is 10.0. The van der Waals surface area contributed by atoms with E-state index in [1.165, 1.54) is 18.3 Å². The maximum absolute atomic E-state index is 12.4. The summed E-state index contributed by atoms with van der Waals surface area (Å²) in [6, 6.07) is 24.6. The van der Waals surface area contributed by atoms with Crippen molar-refractivity contribution in [2.75, 3.05) is 6.61 Å². The highest BCUT2D eigenvalue weighted by Gasteiger charge is 2.28. The summed E-state index contributed by atoms with van der Waals surface area (Å²) in [6.07, 6.45) is 0.249. The minimum atomic E-state index is -4.44. The number of aromatic nitrogens is 5. The summed E-state index contributed by atoms with van der Waals surface area (Å²) in [7, 11) is 0. The Morgan fingerprint density at radius 1 is 0.786 bits per heavy atom. The van der Waals surface area contributed by atoms with Crippen molar-refractivity contribution in [3.8, 4) is 45.2 Å². The van der Waals surface area contributed by atoms with E-state index in [4.69, 9.17) is 5.10 Å². The van der Waals surface area contributed by atoms with Crippen LogP contribution in [0.3, 0.4) is 0 Å². The molecule has 0 aliphatic heterocycles. The molecular weight excluding hydrogens is 547 g/mol. The standard InChI is InChI=1S/C31H20F3N5O3/c32-31(33,34)18-42-29-11-9-23(17-37-29)19-4-6-20(7-5-19)26-16-28(21-8-10-25-27(15-21)36-13-12-35-25)39(38-26)24-3-1-2-22(14-24)30(40)41/h1-17H,18H2,(H,40,41). The molecule has 208 valence electrons. The molecule has 3 heterocycles. The summed E-state index contributed by atoms with van der Waals surface area (Å²) in [5, 5.41) is 14.4. The molecule has 0 saturated carbocycles. The Labute approximate surface area is 236 Å². The molecule has 0 aliphatic carbocycles. The van der Waals surface area contributed by atoms with Crippen LogP contribution in [0.4, 0.5) is 13.2 Å². The van der Waals surface area contributed by atoms with Gasteiger partial charge < -0.3 is 9.84 Å². The van der Waals surface area contributed by atoms with Crippen LogP contribution in [-0.4, -0.2) is 48.6 Å². The Morgan fingerprint density at radius 3 is 2.21 bits per heavy atom. The quantitative estimate of drug-likeness (QED) is 0.225. The monoisotopic (exact) mass is 567 g/mol. The van der Waals surface area contributed by atoms with Crippen molar-refractivity contribution < 1.29 is 27.8 Å². The van der Waals surface area contributed by atoms with E-state index in [1.807, 2.05) is 48.5 Å². The van der Waals surface area contributed by atoms with Gasteiger partial charge in [0.15, 0.2) is 6.61 Å². The molecule has 11 heteroatoms. The zero-order chi connectivity index (χ0) is 29.3. The Morgan fingerprint density at radius 2 is 1.50 bits per heavy atom. The van der Waals surface area contributed by atoms with Gasteiger partial charge in [0, 0.05) is 41.3 Å². The van der Waals surface area contributed by atoms with Gasteiger partial charge in [-0.25, -0.2) is 14.5 Å². The van der Waals surface area contributed by atoms with Gasteiger partial charge in [-0.3, -0.25) is 9.97 Å². The smallest absolute Gasteiger partial charge is 0.422 e. The topological polar surface area (TPSA) is 103 Å². The fourth-order valence-electron chi connectivity index (χ4n) is 4.44. The number of fused-ring (bicyclic) bond motifs is 1. The number of carboxylic acids is 1. The predicted molar refractivity (Wildman–Crippen MR) is 149 cm³/mol. The lowest BCUT2D eigenvalue weighted by molar-refractivity contribution is -0.154. The number of ether oxygens (including phenoxy) is 1. The molecule has 0 spiro atoms. The first kappa shape index (κ1) is 26.6. The molecule has 0 atom stereocenters. The Bertz CT molecular complexity index is 1900. The zero-order valence-electron chi connectivity index (χ0n) is 21.7. The summed E-state index contributed by atoms with van der Waals surface area (Å²) in [5.41, 5.74) is 6.64. The Hall–Kier alpha value is -5.58. The normalized spacial score (nSPS) is 11.5. The number of nitrogens with zero attached hydrogens (tertiary/aromatic N) is 5. The van der Waals surface area contributed by atoms with Crippen LogP contribution >= 0.6 is 0 Å². The van der Waals surface area contributed by atoms with E-state index in [1.54, 1.807) is 41.3 Å². The van der Waals surface area contributed by atoms with Crippen molar-refractivity contribution in [2.45, 2.75) is 6.18 Å². The van der Waals surface area contributed by atoms with Crippen LogP contribution < -0.4 is 4.74 Å². The summed E-state index contributed by atoms with van der Waals surface area (Å²) < 4.78 is 43.6. The van der Waals surface area contributed by atoms with Crippen molar-refractivity contribution in [2.24, 2.45) is 0 Å². The van der Waals surface area contributed by atoms with Gasteiger partial charge >= 0.3 is 12.1 Å². The van der Waals surface area contributed by atoms with E-state index in [0.29, 0.717) is 22.5 Å². The van der Waals surface area contributed by atoms with Crippen LogP contribution in [0.15, 0.2) is 104 Å². The number of pyridine rings is 1. The highest BCUT2D eigenvalue weighted by molar-refractivity contribution is 5.88. The van der Waals surface area contributed by atoms with Gasteiger partial charge in [0.1, 0.15) is 0 Å². The molecule has 0 fully saturated rings. The third-order valence-electron chi connectivity index (χ3n) is 6.45. The maximum atomic E-state index is 12.4. The van der Waals surface area contributed by atoms with E-state index in [0.717, 1.165) is 27.9 Å². The van der Waals surface area contributed by atoms with Crippen LogP contribution in [0.25, 0.3) is 50.4 Å². The lowest BCUT2D eigenvalue weighted by Crippen LogP contribution is -2.19. The summed E-state index contributed by atoms with van der Waals surface area (Å²) in [4.78, 5) is 24.4. The lowest BCUT2D eigenvalue weighted by Gasteiger charge is -2.09. The van der Waals surface area contributed by atoms with Crippen molar-refractivity contribution >= 4 is 17.0 Å². The third-order valence-corrected chi connectivity index (χ3v) is 6.45. The molecule has 6 aromatic rings. The second-order valence-electron chi connectivity index (χ2n) is 9.31. The number of benzene rings is 3. The molecule has 0 bridgehead atoms. The molecule has 0 unspecified atom stereocenters. The molecule has 1 N–H and O–H groups in total. The molecule has 42 heavy (non-hydrogen) atoms. The fraction of sp³-hybridized carbons (Fsp3) is 0.0645. The Kier molecular flexibility index (Phi) is 6.83. The van der Waals surface area contributed by atoms with Crippen LogP contribution in [0.2, 0.25) is 0 Å². The molecular formula is C31H20F3N5O3. The highest BCUT2D eigenvalue weighted by atomic mass is 19.4. The van der Waals surface area contributed by atoms with Crippen molar-refractivity contribution in [1.82, 2.24) is 24.7 Å². The Balaban J connectivity index is 1.35. The fourth-order valence-corrected chi connectivity index (χ4v) is 4.44. The first-order valence-corrected chi connectivity index (χ1v) is 12.6. The van der Waals surface area contributed by atoms with Gasteiger partial charge in [0.2, 0.25) is 5.88 Å². The second-order valence-corrected chi connectivity index (χ2v) is 9.31. The first-order valence-electron chi connectivity index (χ1n) is 12.6. The minimum absolute atomic E-state index is 0.114. The number of hydrogen-bond acceptors (Lipinski definition) is 6. The number of rotatable bonds is 7. The minimum Gasteiger partial charge on any atom is -0.478 e. The SMILES string of the molecule is O=C(O)c1cccc(-n2nc(-c3ccc(-c4ccc(OCC(F)(F)F)nc4)cc3)cc2-c2ccc3nccnc3c2)c1. The zero-order valence-corrected chi connectivity index (χ0v) is 21.7. The van der Waals surface area contributed by atoms with E-state index in [-0.39, 0.29) is 11.4 Å². The van der Waals surface area contributed by atoms with Crippen molar-refractivity contribution in [1.29, 1.82) is 0 Å². The van der Waals surface area contributed by atoms with Crippen LogP contribution in [0, 0.1) is 0 Å². The average molecular weight is 568 g/mol. The molecule has 3 aromatic heterocycles. The molecule has 0 radical (unpaired) electrons. The maximum Gasteiger partial charge on any atom is 0.422 e. The van der Waals surface area contributed by atoms with E-state index in [2.05, 4.69) is 19.7 Å². The molecule has 0 amide bonds. The number of hydrogen-bond donors (Lipinski definition) is 1. The average Bonchev–Trinajstić information content (AvgIpc) is 3.46.